The van der Waals surface area contributed by atoms with Crippen LogP contribution < -0.4 is 14.8 Å². The number of carbonyl (C=O) groups excluding carboxylic acids is 1. The van der Waals surface area contributed by atoms with Crippen molar-refractivity contribution in [2.45, 2.75) is 20.8 Å². The molecule has 2 rings (SSSR count). The molecule has 2 aromatic carbocycles. The molecule has 0 aliphatic rings. The van der Waals surface area contributed by atoms with Crippen LogP contribution in [0.1, 0.15) is 18.1 Å². The van der Waals surface area contributed by atoms with Gasteiger partial charge >= 0.3 is 0 Å². The smallest absolute Gasteiger partial charge is 0.262 e. The topological polar surface area (TPSA) is 56.8 Å². The van der Waals surface area contributed by atoms with Crippen LogP contribution in [0.3, 0.4) is 0 Å². The number of hydrogen-bond acceptors (Lipinski definition) is 4. The molecule has 0 saturated carbocycles. The molecule has 0 atom stereocenters. The van der Waals surface area contributed by atoms with Gasteiger partial charge in [0.2, 0.25) is 0 Å². The van der Waals surface area contributed by atoms with Crippen molar-refractivity contribution < 1.29 is 19.0 Å². The summed E-state index contributed by atoms with van der Waals surface area (Å²) in [4.78, 5) is 12.0. The van der Waals surface area contributed by atoms with Crippen LogP contribution in [0.25, 0.3) is 0 Å². The van der Waals surface area contributed by atoms with Crippen LogP contribution in [0.15, 0.2) is 42.5 Å². The van der Waals surface area contributed by atoms with Crippen LogP contribution in [-0.2, 0) is 9.53 Å². The maximum Gasteiger partial charge on any atom is 0.262 e. The molecular formula is C20H25NO4. The van der Waals surface area contributed by atoms with Gasteiger partial charge in [-0.2, -0.15) is 0 Å². The van der Waals surface area contributed by atoms with Crippen molar-refractivity contribution in [2.75, 3.05) is 31.7 Å². The van der Waals surface area contributed by atoms with Crippen LogP contribution in [0, 0.1) is 13.8 Å². The molecule has 0 aliphatic heterocycles. The number of aryl methyl sites for hydroxylation is 2. The Morgan fingerprint density at radius 2 is 1.64 bits per heavy atom. The molecule has 25 heavy (non-hydrogen) atoms. The number of hydrogen-bond donors (Lipinski definition) is 1. The van der Waals surface area contributed by atoms with E-state index in [1.165, 1.54) is 5.56 Å². The third-order valence-electron chi connectivity index (χ3n) is 3.69. The summed E-state index contributed by atoms with van der Waals surface area (Å²) in [6.07, 6.45) is 0. The summed E-state index contributed by atoms with van der Waals surface area (Å²) in [5.74, 6) is 1.23. The fourth-order valence-corrected chi connectivity index (χ4v) is 2.15. The van der Waals surface area contributed by atoms with Gasteiger partial charge in [0, 0.05) is 12.3 Å². The van der Waals surface area contributed by atoms with E-state index in [1.807, 2.05) is 51.1 Å². The zero-order chi connectivity index (χ0) is 18.1. The van der Waals surface area contributed by atoms with E-state index < -0.39 is 0 Å². The van der Waals surface area contributed by atoms with Gasteiger partial charge in [-0.25, -0.2) is 0 Å². The lowest BCUT2D eigenvalue weighted by Crippen LogP contribution is -2.20. The molecule has 0 radical (unpaired) electrons. The molecule has 0 fully saturated rings. The number of amides is 1. The summed E-state index contributed by atoms with van der Waals surface area (Å²) in [5.41, 5.74) is 3.03. The van der Waals surface area contributed by atoms with Gasteiger partial charge in [-0.3, -0.25) is 4.79 Å². The third kappa shape index (κ3) is 6.47. The zero-order valence-corrected chi connectivity index (χ0v) is 15.0. The van der Waals surface area contributed by atoms with Crippen LogP contribution in [0.5, 0.6) is 11.5 Å². The molecule has 5 nitrogen and oxygen atoms in total. The molecule has 0 saturated heterocycles. The van der Waals surface area contributed by atoms with E-state index in [0.29, 0.717) is 31.3 Å². The fraction of sp³-hybridized carbons (Fsp3) is 0.350. The fourth-order valence-electron chi connectivity index (χ4n) is 2.15. The minimum atomic E-state index is -0.205. The molecule has 134 valence electrons. The van der Waals surface area contributed by atoms with Crippen LogP contribution >= 0.6 is 0 Å². The molecule has 0 unspecified atom stereocenters. The molecule has 1 amide bonds. The first-order valence-electron chi connectivity index (χ1n) is 8.39. The van der Waals surface area contributed by atoms with Gasteiger partial charge in [-0.15, -0.1) is 0 Å². The molecule has 0 bridgehead atoms. The normalized spacial score (nSPS) is 10.4. The molecule has 0 aromatic heterocycles. The van der Waals surface area contributed by atoms with Gasteiger partial charge < -0.3 is 19.5 Å². The molecule has 0 aliphatic carbocycles. The second-order valence-corrected chi connectivity index (χ2v) is 5.65. The van der Waals surface area contributed by atoms with E-state index in [9.17, 15) is 4.79 Å². The average molecular weight is 343 g/mol. The van der Waals surface area contributed by atoms with Crippen molar-refractivity contribution in [3.63, 3.8) is 0 Å². The summed E-state index contributed by atoms with van der Waals surface area (Å²) < 4.78 is 16.3. The van der Waals surface area contributed by atoms with Crippen molar-refractivity contribution in [2.24, 2.45) is 0 Å². The summed E-state index contributed by atoms with van der Waals surface area (Å²) >= 11 is 0. The minimum absolute atomic E-state index is 0.0326. The number of nitrogens with one attached hydrogen (secondary N) is 1. The quantitative estimate of drug-likeness (QED) is 0.705. The van der Waals surface area contributed by atoms with E-state index in [4.69, 9.17) is 14.2 Å². The highest BCUT2D eigenvalue weighted by Crippen LogP contribution is 2.17. The lowest BCUT2D eigenvalue weighted by atomic mass is 10.1. The second kappa shape index (κ2) is 9.69. The zero-order valence-electron chi connectivity index (χ0n) is 15.0. The Hall–Kier alpha value is -2.53. The molecule has 5 heteroatoms. The van der Waals surface area contributed by atoms with Crippen LogP contribution in [-0.4, -0.2) is 32.3 Å². The highest BCUT2D eigenvalue weighted by Gasteiger charge is 2.05. The Morgan fingerprint density at radius 1 is 0.920 bits per heavy atom. The van der Waals surface area contributed by atoms with Gasteiger partial charge in [-0.05, 0) is 68.3 Å². The van der Waals surface area contributed by atoms with E-state index in [2.05, 4.69) is 5.32 Å². The molecule has 0 heterocycles. The molecule has 2 aromatic rings. The number of anilines is 1. The van der Waals surface area contributed by atoms with Crippen LogP contribution in [0.4, 0.5) is 5.69 Å². The number of carbonyl (C=O) groups is 1. The molecule has 0 spiro atoms. The van der Waals surface area contributed by atoms with E-state index in [-0.39, 0.29) is 12.5 Å². The average Bonchev–Trinajstić information content (AvgIpc) is 2.61. The highest BCUT2D eigenvalue weighted by molar-refractivity contribution is 5.91. The van der Waals surface area contributed by atoms with Gasteiger partial charge in [-0.1, -0.05) is 6.07 Å². The first-order chi connectivity index (χ1) is 12.1. The predicted octanol–water partition coefficient (Wildman–Crippen LogP) is 3.74. The number of benzene rings is 2. The first kappa shape index (κ1) is 18.8. The highest BCUT2D eigenvalue weighted by atomic mass is 16.5. The third-order valence-corrected chi connectivity index (χ3v) is 3.69. The molecular weight excluding hydrogens is 318 g/mol. The summed E-state index contributed by atoms with van der Waals surface area (Å²) in [6, 6.07) is 13.0. The van der Waals surface area contributed by atoms with Crippen molar-refractivity contribution in [1.29, 1.82) is 0 Å². The number of ether oxygens (including phenoxy) is 3. The van der Waals surface area contributed by atoms with E-state index in [1.54, 1.807) is 12.1 Å². The van der Waals surface area contributed by atoms with Gasteiger partial charge in [0.15, 0.2) is 6.61 Å². The lowest BCUT2D eigenvalue weighted by molar-refractivity contribution is -0.118. The van der Waals surface area contributed by atoms with Gasteiger partial charge in [0.05, 0.1) is 6.61 Å². The predicted molar refractivity (Wildman–Crippen MR) is 98.5 cm³/mol. The van der Waals surface area contributed by atoms with Gasteiger partial charge in [0.1, 0.15) is 18.1 Å². The second-order valence-electron chi connectivity index (χ2n) is 5.65. The Kier molecular flexibility index (Phi) is 7.29. The van der Waals surface area contributed by atoms with Crippen molar-refractivity contribution in [3.8, 4) is 11.5 Å². The maximum atomic E-state index is 12.0. The Balaban J connectivity index is 1.77. The Labute approximate surface area is 148 Å². The van der Waals surface area contributed by atoms with E-state index >= 15 is 0 Å². The van der Waals surface area contributed by atoms with E-state index in [0.717, 1.165) is 11.3 Å². The SMILES string of the molecule is CCOCCOc1ccc(NC(=O)COc2ccc(C)c(C)c2)cc1. The van der Waals surface area contributed by atoms with Crippen molar-refractivity contribution >= 4 is 11.6 Å². The van der Waals surface area contributed by atoms with Crippen molar-refractivity contribution in [1.82, 2.24) is 0 Å². The summed E-state index contributed by atoms with van der Waals surface area (Å²) in [5, 5.41) is 2.80. The maximum absolute atomic E-state index is 12.0. The van der Waals surface area contributed by atoms with Crippen molar-refractivity contribution in [3.05, 3.63) is 53.6 Å². The van der Waals surface area contributed by atoms with Crippen LogP contribution in [0.2, 0.25) is 0 Å². The largest absolute Gasteiger partial charge is 0.491 e. The first-order valence-corrected chi connectivity index (χ1v) is 8.39. The lowest BCUT2D eigenvalue weighted by Gasteiger charge is -2.10. The number of rotatable bonds is 9. The standard InChI is InChI=1S/C20H25NO4/c1-4-23-11-12-24-18-9-6-17(7-10-18)21-20(22)14-25-19-8-5-15(2)16(3)13-19/h5-10,13H,4,11-12,14H2,1-3H3,(H,21,22). The monoisotopic (exact) mass is 343 g/mol. The summed E-state index contributed by atoms with van der Waals surface area (Å²) in [6.45, 7) is 7.71. The Bertz CT molecular complexity index is 683. The minimum Gasteiger partial charge on any atom is -0.491 e. The van der Waals surface area contributed by atoms with Gasteiger partial charge in [0.25, 0.3) is 5.91 Å². The summed E-state index contributed by atoms with van der Waals surface area (Å²) in [7, 11) is 0. The Morgan fingerprint density at radius 3 is 2.32 bits per heavy atom. The molecule has 1 N–H and O–H groups in total.